The molecule has 4 heteroatoms. The number of anilines is 1. The first-order chi connectivity index (χ1) is 8.68. The zero-order valence-electron chi connectivity index (χ0n) is 11.2. The number of para-hydroxylation sites is 1. The fraction of sp³-hybridized carbons (Fsp3) is 0.500. The van der Waals surface area contributed by atoms with Crippen LogP contribution in [0, 0.1) is 0 Å². The molecule has 0 radical (unpaired) electrons. The molecule has 98 valence electrons. The van der Waals surface area contributed by atoms with Gasteiger partial charge in [-0.15, -0.1) is 0 Å². The molecule has 0 atom stereocenters. The standard InChI is InChI=1S/C14H21N3O/c1-15(2)9-6-10-16-11-12-17(14(16)18)13-7-4-3-5-8-13/h3-5,7-8H,6,9-12H2,1-2H3. The first-order valence-corrected chi connectivity index (χ1v) is 6.44. The zero-order chi connectivity index (χ0) is 13.0. The monoisotopic (exact) mass is 247 g/mol. The van der Waals surface area contributed by atoms with Gasteiger partial charge in [-0.25, -0.2) is 4.79 Å². The van der Waals surface area contributed by atoms with Crippen molar-refractivity contribution in [2.75, 3.05) is 45.2 Å². The summed E-state index contributed by atoms with van der Waals surface area (Å²) >= 11 is 0. The summed E-state index contributed by atoms with van der Waals surface area (Å²) in [6.45, 7) is 3.50. The fourth-order valence-electron chi connectivity index (χ4n) is 2.22. The Morgan fingerprint density at radius 2 is 1.89 bits per heavy atom. The number of amides is 2. The van der Waals surface area contributed by atoms with Gasteiger partial charge in [0.1, 0.15) is 0 Å². The molecule has 1 heterocycles. The first-order valence-electron chi connectivity index (χ1n) is 6.44. The second-order valence-corrected chi connectivity index (χ2v) is 4.91. The number of carbonyl (C=O) groups excluding carboxylic acids is 1. The number of benzene rings is 1. The van der Waals surface area contributed by atoms with Crippen molar-refractivity contribution in [2.24, 2.45) is 0 Å². The average molecular weight is 247 g/mol. The van der Waals surface area contributed by atoms with Gasteiger partial charge in [-0.1, -0.05) is 18.2 Å². The van der Waals surface area contributed by atoms with Crippen LogP contribution in [0.3, 0.4) is 0 Å². The van der Waals surface area contributed by atoms with Gasteiger partial charge >= 0.3 is 6.03 Å². The van der Waals surface area contributed by atoms with E-state index in [1.54, 1.807) is 0 Å². The molecule has 18 heavy (non-hydrogen) atoms. The quantitative estimate of drug-likeness (QED) is 0.794. The largest absolute Gasteiger partial charge is 0.324 e. The van der Waals surface area contributed by atoms with Crippen molar-refractivity contribution in [3.63, 3.8) is 0 Å². The van der Waals surface area contributed by atoms with E-state index in [-0.39, 0.29) is 6.03 Å². The van der Waals surface area contributed by atoms with E-state index in [2.05, 4.69) is 19.0 Å². The highest BCUT2D eigenvalue weighted by Crippen LogP contribution is 2.19. The van der Waals surface area contributed by atoms with Crippen molar-refractivity contribution in [3.8, 4) is 0 Å². The molecule has 0 aliphatic carbocycles. The van der Waals surface area contributed by atoms with Crippen molar-refractivity contribution < 1.29 is 4.79 Å². The van der Waals surface area contributed by atoms with Crippen LogP contribution in [0.15, 0.2) is 30.3 Å². The average Bonchev–Trinajstić information content (AvgIpc) is 2.72. The van der Waals surface area contributed by atoms with E-state index in [0.29, 0.717) is 0 Å². The lowest BCUT2D eigenvalue weighted by Gasteiger charge is -2.19. The molecule has 1 aliphatic rings. The Labute approximate surface area is 109 Å². The lowest BCUT2D eigenvalue weighted by molar-refractivity contribution is 0.218. The molecule has 0 aromatic heterocycles. The van der Waals surface area contributed by atoms with Crippen LogP contribution >= 0.6 is 0 Å². The summed E-state index contributed by atoms with van der Waals surface area (Å²) in [5, 5.41) is 0. The zero-order valence-corrected chi connectivity index (χ0v) is 11.2. The van der Waals surface area contributed by atoms with Gasteiger partial charge < -0.3 is 9.80 Å². The maximum atomic E-state index is 12.2. The van der Waals surface area contributed by atoms with Crippen LogP contribution in [0.25, 0.3) is 0 Å². The molecule has 0 unspecified atom stereocenters. The van der Waals surface area contributed by atoms with Crippen LogP contribution in [0.4, 0.5) is 10.5 Å². The highest BCUT2D eigenvalue weighted by Gasteiger charge is 2.28. The summed E-state index contributed by atoms with van der Waals surface area (Å²) in [7, 11) is 4.12. The minimum Gasteiger partial charge on any atom is -0.323 e. The topological polar surface area (TPSA) is 26.8 Å². The highest BCUT2D eigenvalue weighted by molar-refractivity contribution is 5.94. The Hall–Kier alpha value is -1.55. The van der Waals surface area contributed by atoms with Gasteiger partial charge in [-0.05, 0) is 39.2 Å². The molecule has 4 nitrogen and oxygen atoms in total. The van der Waals surface area contributed by atoms with E-state index < -0.39 is 0 Å². The minimum absolute atomic E-state index is 0.139. The van der Waals surface area contributed by atoms with Crippen LogP contribution in [-0.4, -0.2) is 56.1 Å². The van der Waals surface area contributed by atoms with Crippen molar-refractivity contribution in [1.82, 2.24) is 9.80 Å². The van der Waals surface area contributed by atoms with Gasteiger partial charge in [0.25, 0.3) is 0 Å². The Morgan fingerprint density at radius 1 is 1.17 bits per heavy atom. The van der Waals surface area contributed by atoms with Crippen molar-refractivity contribution in [2.45, 2.75) is 6.42 Å². The number of hydrogen-bond acceptors (Lipinski definition) is 2. The predicted octanol–water partition coefficient (Wildman–Crippen LogP) is 1.88. The molecule has 1 aromatic carbocycles. The summed E-state index contributed by atoms with van der Waals surface area (Å²) in [5.74, 6) is 0. The summed E-state index contributed by atoms with van der Waals surface area (Å²) < 4.78 is 0. The van der Waals surface area contributed by atoms with Gasteiger partial charge in [0.05, 0.1) is 0 Å². The summed E-state index contributed by atoms with van der Waals surface area (Å²) in [6, 6.07) is 10.0. The van der Waals surface area contributed by atoms with Gasteiger partial charge in [0.2, 0.25) is 0 Å². The van der Waals surface area contributed by atoms with Crippen molar-refractivity contribution in [1.29, 1.82) is 0 Å². The summed E-state index contributed by atoms with van der Waals surface area (Å²) in [6.07, 6.45) is 1.03. The van der Waals surface area contributed by atoms with E-state index in [0.717, 1.165) is 38.3 Å². The van der Waals surface area contributed by atoms with E-state index in [1.807, 2.05) is 40.1 Å². The first kappa shape index (κ1) is 12.9. The molecule has 0 N–H and O–H groups in total. The lowest BCUT2D eigenvalue weighted by Crippen LogP contribution is -2.33. The Morgan fingerprint density at radius 3 is 2.56 bits per heavy atom. The van der Waals surface area contributed by atoms with E-state index in [9.17, 15) is 4.79 Å². The molecule has 0 bridgehead atoms. The SMILES string of the molecule is CN(C)CCCN1CCN(c2ccccc2)C1=O. The molecule has 1 fully saturated rings. The molecule has 1 aliphatic heterocycles. The van der Waals surface area contributed by atoms with Crippen LogP contribution < -0.4 is 4.90 Å². The van der Waals surface area contributed by atoms with Crippen molar-refractivity contribution in [3.05, 3.63) is 30.3 Å². The summed E-state index contributed by atoms with van der Waals surface area (Å²) in [5.41, 5.74) is 0.998. The number of hydrogen-bond donors (Lipinski definition) is 0. The molecule has 1 aromatic rings. The summed E-state index contributed by atoms with van der Waals surface area (Å²) in [4.78, 5) is 18.2. The van der Waals surface area contributed by atoms with Gasteiger partial charge in [-0.3, -0.25) is 4.90 Å². The molecule has 0 saturated carbocycles. The Bertz CT molecular complexity index is 391. The number of rotatable bonds is 5. The maximum absolute atomic E-state index is 12.2. The molecule has 1 saturated heterocycles. The van der Waals surface area contributed by atoms with E-state index >= 15 is 0 Å². The van der Waals surface area contributed by atoms with Crippen LogP contribution in [0.5, 0.6) is 0 Å². The fourth-order valence-corrected chi connectivity index (χ4v) is 2.22. The molecule has 0 spiro atoms. The van der Waals surface area contributed by atoms with E-state index in [1.165, 1.54) is 0 Å². The second-order valence-electron chi connectivity index (χ2n) is 4.91. The molecule has 2 amide bonds. The Kier molecular flexibility index (Phi) is 4.20. The van der Waals surface area contributed by atoms with Crippen LogP contribution in [0.1, 0.15) is 6.42 Å². The highest BCUT2D eigenvalue weighted by atomic mass is 16.2. The minimum atomic E-state index is 0.139. The van der Waals surface area contributed by atoms with Gasteiger partial charge in [0.15, 0.2) is 0 Å². The third-order valence-corrected chi connectivity index (χ3v) is 3.20. The van der Waals surface area contributed by atoms with E-state index in [4.69, 9.17) is 0 Å². The van der Waals surface area contributed by atoms with Gasteiger partial charge in [-0.2, -0.15) is 0 Å². The van der Waals surface area contributed by atoms with Crippen LogP contribution in [0.2, 0.25) is 0 Å². The second kappa shape index (κ2) is 5.87. The smallest absolute Gasteiger partial charge is 0.323 e. The normalized spacial score (nSPS) is 15.8. The molecular weight excluding hydrogens is 226 g/mol. The number of nitrogens with zero attached hydrogens (tertiary/aromatic N) is 3. The maximum Gasteiger partial charge on any atom is 0.324 e. The Balaban J connectivity index is 1.89. The van der Waals surface area contributed by atoms with Crippen LogP contribution in [-0.2, 0) is 0 Å². The predicted molar refractivity (Wildman–Crippen MR) is 73.9 cm³/mol. The number of carbonyl (C=O) groups is 1. The molecular formula is C14H21N3O. The third-order valence-electron chi connectivity index (χ3n) is 3.20. The van der Waals surface area contributed by atoms with Gasteiger partial charge in [0, 0.05) is 25.3 Å². The molecule has 2 rings (SSSR count). The number of urea groups is 1. The third kappa shape index (κ3) is 3.01. The van der Waals surface area contributed by atoms with Crippen molar-refractivity contribution >= 4 is 11.7 Å². The lowest BCUT2D eigenvalue weighted by atomic mass is 10.3.